The third kappa shape index (κ3) is 2.68. The van der Waals surface area contributed by atoms with Crippen LogP contribution in [0, 0.1) is 11.3 Å². The zero-order chi connectivity index (χ0) is 14.7. The number of aromatic amines is 1. The van der Waals surface area contributed by atoms with E-state index in [1.165, 1.54) is 0 Å². The number of carbonyl (C=O) groups excluding carboxylic acids is 1. The summed E-state index contributed by atoms with van der Waals surface area (Å²) in [6, 6.07) is 6.07. The Morgan fingerprint density at radius 1 is 1.33 bits per heavy atom. The molecular formula is C15H17N5O. The van der Waals surface area contributed by atoms with Gasteiger partial charge in [0.25, 0.3) is 0 Å². The van der Waals surface area contributed by atoms with Crippen LogP contribution in [0.1, 0.15) is 12.8 Å². The molecule has 0 radical (unpaired) electrons. The maximum Gasteiger partial charge on any atom is 0.223 e. The summed E-state index contributed by atoms with van der Waals surface area (Å²) >= 11 is 0. The molecule has 1 amide bonds. The van der Waals surface area contributed by atoms with E-state index >= 15 is 0 Å². The summed E-state index contributed by atoms with van der Waals surface area (Å²) in [7, 11) is 0. The number of rotatable bonds is 3. The molecule has 1 saturated heterocycles. The number of aromatic nitrogens is 2. The summed E-state index contributed by atoms with van der Waals surface area (Å²) in [4.78, 5) is 23.5. The van der Waals surface area contributed by atoms with Gasteiger partial charge in [-0.2, -0.15) is 5.26 Å². The van der Waals surface area contributed by atoms with Gasteiger partial charge in [0.05, 0.1) is 6.07 Å². The standard InChI is InChI=1S/C15H17N5O/c16-5-1-2-14(21)20-10-8-19(9-11-20)13-4-7-18-15-12(13)3-6-17-15/h3-4,6-7H,1-2,8-11H2,(H,17,18). The van der Waals surface area contributed by atoms with Crippen molar-refractivity contribution in [2.45, 2.75) is 12.8 Å². The van der Waals surface area contributed by atoms with Gasteiger partial charge in [-0.05, 0) is 12.1 Å². The highest BCUT2D eigenvalue weighted by atomic mass is 16.2. The van der Waals surface area contributed by atoms with E-state index in [9.17, 15) is 4.79 Å². The summed E-state index contributed by atoms with van der Waals surface area (Å²) in [5, 5.41) is 9.66. The summed E-state index contributed by atoms with van der Waals surface area (Å²) in [6.45, 7) is 3.03. The molecule has 3 heterocycles. The van der Waals surface area contributed by atoms with E-state index in [2.05, 4.69) is 14.9 Å². The second kappa shape index (κ2) is 5.83. The Kier molecular flexibility index (Phi) is 3.73. The number of pyridine rings is 1. The van der Waals surface area contributed by atoms with Gasteiger partial charge in [-0.3, -0.25) is 4.79 Å². The molecule has 0 bridgehead atoms. The Labute approximate surface area is 123 Å². The van der Waals surface area contributed by atoms with Crippen molar-refractivity contribution in [1.29, 1.82) is 5.26 Å². The number of piperazine rings is 1. The number of anilines is 1. The van der Waals surface area contributed by atoms with Gasteiger partial charge in [0, 0.05) is 62.5 Å². The highest BCUT2D eigenvalue weighted by Gasteiger charge is 2.22. The molecule has 0 saturated carbocycles. The van der Waals surface area contributed by atoms with Crippen molar-refractivity contribution >= 4 is 22.6 Å². The van der Waals surface area contributed by atoms with Crippen molar-refractivity contribution < 1.29 is 4.79 Å². The number of nitriles is 1. The van der Waals surface area contributed by atoms with Crippen LogP contribution in [0.3, 0.4) is 0 Å². The molecule has 108 valence electrons. The predicted octanol–water partition coefficient (Wildman–Crippen LogP) is 1.52. The fraction of sp³-hybridized carbons (Fsp3) is 0.400. The zero-order valence-corrected chi connectivity index (χ0v) is 11.7. The van der Waals surface area contributed by atoms with Crippen LogP contribution in [0.15, 0.2) is 24.5 Å². The Hall–Kier alpha value is -2.55. The molecule has 0 spiro atoms. The molecule has 3 rings (SSSR count). The fourth-order valence-electron chi connectivity index (χ4n) is 2.74. The van der Waals surface area contributed by atoms with Crippen molar-refractivity contribution in [3.63, 3.8) is 0 Å². The van der Waals surface area contributed by atoms with Crippen molar-refractivity contribution in [1.82, 2.24) is 14.9 Å². The number of amides is 1. The molecule has 0 atom stereocenters. The minimum absolute atomic E-state index is 0.0812. The molecule has 6 nitrogen and oxygen atoms in total. The normalized spacial score (nSPS) is 15.2. The molecule has 1 fully saturated rings. The first-order valence-electron chi connectivity index (χ1n) is 7.11. The van der Waals surface area contributed by atoms with Crippen LogP contribution in [0.5, 0.6) is 0 Å². The SMILES string of the molecule is N#CCCC(=O)N1CCN(c2ccnc3[nH]ccc23)CC1. The number of hydrogen-bond acceptors (Lipinski definition) is 4. The van der Waals surface area contributed by atoms with Gasteiger partial charge >= 0.3 is 0 Å². The maximum atomic E-state index is 11.9. The lowest BCUT2D eigenvalue weighted by Crippen LogP contribution is -2.48. The van der Waals surface area contributed by atoms with Crippen LogP contribution >= 0.6 is 0 Å². The summed E-state index contributed by atoms with van der Waals surface area (Å²) in [5.41, 5.74) is 2.05. The minimum Gasteiger partial charge on any atom is -0.367 e. The van der Waals surface area contributed by atoms with Crippen molar-refractivity contribution in [2.24, 2.45) is 0 Å². The van der Waals surface area contributed by atoms with Crippen LogP contribution in [-0.4, -0.2) is 47.0 Å². The average molecular weight is 283 g/mol. The van der Waals surface area contributed by atoms with Crippen LogP contribution in [-0.2, 0) is 4.79 Å². The van der Waals surface area contributed by atoms with Gasteiger partial charge in [-0.1, -0.05) is 0 Å². The van der Waals surface area contributed by atoms with E-state index in [-0.39, 0.29) is 5.91 Å². The number of nitrogens with zero attached hydrogens (tertiary/aromatic N) is 4. The first kappa shape index (κ1) is 13.4. The molecule has 1 aliphatic rings. The van der Waals surface area contributed by atoms with E-state index in [1.807, 2.05) is 29.3 Å². The minimum atomic E-state index is 0.0812. The third-order valence-electron chi connectivity index (χ3n) is 3.86. The first-order chi connectivity index (χ1) is 10.3. The van der Waals surface area contributed by atoms with Crippen LogP contribution in [0.4, 0.5) is 5.69 Å². The Morgan fingerprint density at radius 3 is 2.90 bits per heavy atom. The fourth-order valence-corrected chi connectivity index (χ4v) is 2.74. The highest BCUT2D eigenvalue weighted by molar-refractivity contribution is 5.89. The molecule has 21 heavy (non-hydrogen) atoms. The Morgan fingerprint density at radius 2 is 2.14 bits per heavy atom. The van der Waals surface area contributed by atoms with E-state index in [1.54, 1.807) is 6.20 Å². The van der Waals surface area contributed by atoms with Crippen molar-refractivity contribution in [2.75, 3.05) is 31.1 Å². The number of hydrogen-bond donors (Lipinski definition) is 1. The molecule has 1 N–H and O–H groups in total. The van der Waals surface area contributed by atoms with E-state index in [4.69, 9.17) is 5.26 Å². The number of nitrogens with one attached hydrogen (secondary N) is 1. The molecule has 1 aliphatic heterocycles. The van der Waals surface area contributed by atoms with Crippen molar-refractivity contribution in [3.05, 3.63) is 24.5 Å². The van der Waals surface area contributed by atoms with Gasteiger partial charge in [-0.15, -0.1) is 0 Å². The Balaban J connectivity index is 1.67. The van der Waals surface area contributed by atoms with Gasteiger partial charge in [-0.25, -0.2) is 4.98 Å². The smallest absolute Gasteiger partial charge is 0.223 e. The van der Waals surface area contributed by atoms with Crippen LogP contribution in [0.2, 0.25) is 0 Å². The summed E-state index contributed by atoms with van der Waals surface area (Å²) < 4.78 is 0. The summed E-state index contributed by atoms with van der Waals surface area (Å²) in [6.07, 6.45) is 4.32. The second-order valence-corrected chi connectivity index (χ2v) is 5.10. The number of H-pyrrole nitrogens is 1. The predicted molar refractivity (Wildman–Crippen MR) is 79.7 cm³/mol. The maximum absolute atomic E-state index is 11.9. The number of fused-ring (bicyclic) bond motifs is 1. The third-order valence-corrected chi connectivity index (χ3v) is 3.86. The molecule has 2 aromatic rings. The van der Waals surface area contributed by atoms with Gasteiger partial charge in [0.2, 0.25) is 5.91 Å². The van der Waals surface area contributed by atoms with Crippen LogP contribution < -0.4 is 4.90 Å². The average Bonchev–Trinajstić information content (AvgIpc) is 3.01. The first-order valence-corrected chi connectivity index (χ1v) is 7.11. The van der Waals surface area contributed by atoms with Gasteiger partial charge in [0.1, 0.15) is 5.65 Å². The molecular weight excluding hydrogens is 266 g/mol. The largest absolute Gasteiger partial charge is 0.367 e. The lowest BCUT2D eigenvalue weighted by Gasteiger charge is -2.36. The van der Waals surface area contributed by atoms with E-state index in [0.29, 0.717) is 25.9 Å². The zero-order valence-electron chi connectivity index (χ0n) is 11.7. The molecule has 0 aromatic carbocycles. The van der Waals surface area contributed by atoms with Gasteiger partial charge < -0.3 is 14.8 Å². The number of carbonyl (C=O) groups is 1. The lowest BCUT2D eigenvalue weighted by atomic mass is 10.2. The highest BCUT2D eigenvalue weighted by Crippen LogP contribution is 2.25. The topological polar surface area (TPSA) is 76.0 Å². The molecule has 0 aliphatic carbocycles. The van der Waals surface area contributed by atoms with E-state index in [0.717, 1.165) is 29.8 Å². The molecule has 6 heteroatoms. The monoisotopic (exact) mass is 283 g/mol. The summed E-state index contributed by atoms with van der Waals surface area (Å²) in [5.74, 6) is 0.0812. The quantitative estimate of drug-likeness (QED) is 0.926. The Bertz CT molecular complexity index is 679. The second-order valence-electron chi connectivity index (χ2n) is 5.10. The molecule has 0 unspecified atom stereocenters. The lowest BCUT2D eigenvalue weighted by molar-refractivity contribution is -0.131. The van der Waals surface area contributed by atoms with Crippen LogP contribution in [0.25, 0.3) is 11.0 Å². The van der Waals surface area contributed by atoms with Gasteiger partial charge in [0.15, 0.2) is 0 Å². The van der Waals surface area contributed by atoms with Crippen molar-refractivity contribution in [3.8, 4) is 6.07 Å². The van der Waals surface area contributed by atoms with E-state index < -0.39 is 0 Å². The molecule has 2 aromatic heterocycles.